The van der Waals surface area contributed by atoms with Gasteiger partial charge in [0.1, 0.15) is 11.6 Å². The zero-order chi connectivity index (χ0) is 22.0. The summed E-state index contributed by atoms with van der Waals surface area (Å²) in [7, 11) is 0. The molecule has 1 aliphatic heterocycles. The molecule has 1 aromatic heterocycles. The summed E-state index contributed by atoms with van der Waals surface area (Å²) in [6, 6.07) is 14.9. The van der Waals surface area contributed by atoms with E-state index < -0.39 is 17.7 Å². The van der Waals surface area contributed by atoms with Crippen LogP contribution in [0.5, 0.6) is 0 Å². The Bertz CT molecular complexity index is 1170. The molecule has 4 rings (SSSR count). The van der Waals surface area contributed by atoms with Crippen molar-refractivity contribution in [2.24, 2.45) is 5.73 Å². The highest BCUT2D eigenvalue weighted by Crippen LogP contribution is 2.24. The Morgan fingerprint density at radius 3 is 2.74 bits per heavy atom. The number of likely N-dealkylation sites (tertiary alicyclic amines) is 1. The molecule has 2 amide bonds. The van der Waals surface area contributed by atoms with Gasteiger partial charge in [-0.3, -0.25) is 9.59 Å². The number of amides is 2. The van der Waals surface area contributed by atoms with Crippen molar-refractivity contribution in [2.75, 3.05) is 11.9 Å². The highest BCUT2D eigenvalue weighted by atomic mass is 16.4. The van der Waals surface area contributed by atoms with Gasteiger partial charge in [0, 0.05) is 29.8 Å². The summed E-state index contributed by atoms with van der Waals surface area (Å²) < 4.78 is 5.25. The fraction of sp³-hybridized carbons (Fsp3) is 0.292. The van der Waals surface area contributed by atoms with Gasteiger partial charge in [0.05, 0.1) is 6.04 Å². The number of benzene rings is 2. The molecule has 7 heteroatoms. The smallest absolute Gasteiger partial charge is 0.336 e. The second kappa shape index (κ2) is 8.73. The van der Waals surface area contributed by atoms with E-state index in [-0.39, 0.29) is 11.8 Å². The maximum atomic E-state index is 12.9. The summed E-state index contributed by atoms with van der Waals surface area (Å²) in [5.74, 6) is -0.492. The number of aryl methyl sites for hydroxylation is 1. The van der Waals surface area contributed by atoms with E-state index in [1.807, 2.05) is 37.3 Å². The monoisotopic (exact) mass is 419 g/mol. The largest absolute Gasteiger partial charge is 0.423 e. The molecule has 2 atom stereocenters. The average molecular weight is 419 g/mol. The first-order valence-corrected chi connectivity index (χ1v) is 10.4. The number of anilines is 1. The molecule has 0 bridgehead atoms. The van der Waals surface area contributed by atoms with Crippen molar-refractivity contribution >= 4 is 28.5 Å². The van der Waals surface area contributed by atoms with Crippen LogP contribution < -0.4 is 16.7 Å². The molecule has 0 spiro atoms. The Hall–Kier alpha value is -3.45. The Morgan fingerprint density at radius 1 is 1.19 bits per heavy atom. The zero-order valence-corrected chi connectivity index (χ0v) is 17.3. The molecule has 3 N–H and O–H groups in total. The van der Waals surface area contributed by atoms with Gasteiger partial charge in [0.25, 0.3) is 0 Å². The molecular formula is C24H25N3O4. The molecule has 7 nitrogen and oxygen atoms in total. The molecule has 0 aliphatic carbocycles. The van der Waals surface area contributed by atoms with E-state index >= 15 is 0 Å². The highest BCUT2D eigenvalue weighted by Gasteiger charge is 2.36. The molecule has 160 valence electrons. The van der Waals surface area contributed by atoms with Crippen molar-refractivity contribution in [1.29, 1.82) is 0 Å². The minimum atomic E-state index is -0.700. The molecule has 2 unspecified atom stereocenters. The number of fused-ring (bicyclic) bond motifs is 1. The summed E-state index contributed by atoms with van der Waals surface area (Å²) in [5.41, 5.74) is 8.45. The normalized spacial score (nSPS) is 17.0. The number of carbonyl (C=O) groups is 2. The Balaban J connectivity index is 1.47. The minimum absolute atomic E-state index is 0.221. The van der Waals surface area contributed by atoms with Gasteiger partial charge in [0.2, 0.25) is 11.8 Å². The third-order valence-electron chi connectivity index (χ3n) is 5.67. The van der Waals surface area contributed by atoms with Crippen LogP contribution in [0.2, 0.25) is 0 Å². The van der Waals surface area contributed by atoms with Gasteiger partial charge in [-0.25, -0.2) is 4.79 Å². The summed E-state index contributed by atoms with van der Waals surface area (Å²) in [6.07, 6.45) is 1.75. The lowest BCUT2D eigenvalue weighted by Crippen LogP contribution is -2.50. The number of nitrogens with zero attached hydrogens (tertiary/aromatic N) is 1. The van der Waals surface area contributed by atoms with Gasteiger partial charge < -0.3 is 20.4 Å². The van der Waals surface area contributed by atoms with E-state index in [9.17, 15) is 14.4 Å². The van der Waals surface area contributed by atoms with E-state index in [2.05, 4.69) is 5.32 Å². The standard InChI is InChI=1S/C24H25N3O4/c1-15-12-22(28)31-21-14-17(9-10-18(15)21)26-23(29)20-8-5-11-27(20)24(30)19(25)13-16-6-3-2-4-7-16/h2-4,6-7,9-10,12,14,19-20H,5,8,11,13,25H2,1H3,(H,26,29). The Labute approximate surface area is 179 Å². The zero-order valence-electron chi connectivity index (χ0n) is 17.3. The molecular weight excluding hydrogens is 394 g/mol. The van der Waals surface area contributed by atoms with E-state index in [1.165, 1.54) is 6.07 Å². The minimum Gasteiger partial charge on any atom is -0.423 e. The van der Waals surface area contributed by atoms with E-state index in [4.69, 9.17) is 10.2 Å². The predicted octanol–water partition coefficient (Wildman–Crippen LogP) is 2.60. The van der Waals surface area contributed by atoms with Crippen molar-refractivity contribution in [1.82, 2.24) is 4.90 Å². The lowest BCUT2D eigenvalue weighted by Gasteiger charge is -2.26. The summed E-state index contributed by atoms with van der Waals surface area (Å²) in [5, 5.41) is 3.66. The molecule has 0 saturated carbocycles. The Kier molecular flexibility index (Phi) is 5.86. The van der Waals surface area contributed by atoms with Gasteiger partial charge in [-0.15, -0.1) is 0 Å². The number of rotatable bonds is 5. The van der Waals surface area contributed by atoms with Crippen LogP contribution >= 0.6 is 0 Å². The number of hydrogen-bond donors (Lipinski definition) is 2. The van der Waals surface area contributed by atoms with Gasteiger partial charge in [-0.05, 0) is 49.4 Å². The highest BCUT2D eigenvalue weighted by molar-refractivity contribution is 5.99. The van der Waals surface area contributed by atoms with Crippen molar-refractivity contribution in [3.63, 3.8) is 0 Å². The third-order valence-corrected chi connectivity index (χ3v) is 5.67. The number of carbonyl (C=O) groups excluding carboxylic acids is 2. The molecule has 2 aromatic carbocycles. The van der Waals surface area contributed by atoms with Crippen LogP contribution in [0.25, 0.3) is 11.0 Å². The van der Waals surface area contributed by atoms with Crippen molar-refractivity contribution in [3.8, 4) is 0 Å². The second-order valence-corrected chi connectivity index (χ2v) is 7.93. The third kappa shape index (κ3) is 4.51. The van der Waals surface area contributed by atoms with Crippen LogP contribution in [0.4, 0.5) is 5.69 Å². The lowest BCUT2D eigenvalue weighted by molar-refractivity contribution is -0.137. The number of nitrogens with two attached hydrogens (primary N) is 1. The van der Waals surface area contributed by atoms with Crippen LogP contribution in [0.3, 0.4) is 0 Å². The van der Waals surface area contributed by atoms with Crippen molar-refractivity contribution < 1.29 is 14.0 Å². The molecule has 1 fully saturated rings. The van der Waals surface area contributed by atoms with Gasteiger partial charge >= 0.3 is 5.63 Å². The second-order valence-electron chi connectivity index (χ2n) is 7.93. The van der Waals surface area contributed by atoms with Crippen molar-refractivity contribution in [2.45, 2.75) is 38.3 Å². The average Bonchev–Trinajstić information content (AvgIpc) is 3.23. The van der Waals surface area contributed by atoms with E-state index in [0.717, 1.165) is 22.9 Å². The van der Waals surface area contributed by atoms with Gasteiger partial charge in [-0.2, -0.15) is 0 Å². The topological polar surface area (TPSA) is 106 Å². The van der Waals surface area contributed by atoms with E-state index in [1.54, 1.807) is 23.1 Å². The van der Waals surface area contributed by atoms with Crippen LogP contribution in [-0.4, -0.2) is 35.3 Å². The molecule has 1 aliphatic rings. The van der Waals surface area contributed by atoms with Crippen molar-refractivity contribution in [3.05, 3.63) is 76.1 Å². The molecule has 31 heavy (non-hydrogen) atoms. The first kappa shape index (κ1) is 20.8. The van der Waals surface area contributed by atoms with Crippen LogP contribution in [0.15, 0.2) is 63.8 Å². The fourth-order valence-electron chi connectivity index (χ4n) is 4.10. The first-order valence-electron chi connectivity index (χ1n) is 10.4. The lowest BCUT2D eigenvalue weighted by atomic mass is 10.1. The Morgan fingerprint density at radius 2 is 1.97 bits per heavy atom. The molecule has 0 radical (unpaired) electrons. The summed E-state index contributed by atoms with van der Waals surface area (Å²) in [6.45, 7) is 2.34. The molecule has 2 heterocycles. The SMILES string of the molecule is Cc1cc(=O)oc2cc(NC(=O)C3CCCN3C(=O)C(N)Cc3ccccc3)ccc12. The van der Waals surface area contributed by atoms with Crippen LogP contribution in [0.1, 0.15) is 24.0 Å². The molecule has 1 saturated heterocycles. The summed E-state index contributed by atoms with van der Waals surface area (Å²) in [4.78, 5) is 39.1. The predicted molar refractivity (Wildman–Crippen MR) is 119 cm³/mol. The maximum Gasteiger partial charge on any atom is 0.336 e. The van der Waals surface area contributed by atoms with Gasteiger partial charge in [-0.1, -0.05) is 30.3 Å². The molecule has 3 aromatic rings. The van der Waals surface area contributed by atoms with Gasteiger partial charge in [0.15, 0.2) is 0 Å². The van der Waals surface area contributed by atoms with Crippen LogP contribution in [-0.2, 0) is 16.0 Å². The number of nitrogens with one attached hydrogen (secondary N) is 1. The first-order chi connectivity index (χ1) is 14.9. The fourth-order valence-corrected chi connectivity index (χ4v) is 4.10. The van der Waals surface area contributed by atoms with Crippen LogP contribution in [0, 0.1) is 6.92 Å². The summed E-state index contributed by atoms with van der Waals surface area (Å²) >= 11 is 0. The van der Waals surface area contributed by atoms with E-state index in [0.29, 0.717) is 30.7 Å². The quantitative estimate of drug-likeness (QED) is 0.619. The maximum absolute atomic E-state index is 12.9. The number of hydrogen-bond acceptors (Lipinski definition) is 5.